The van der Waals surface area contributed by atoms with Crippen molar-refractivity contribution in [3.8, 4) is 16.9 Å². The molecule has 0 spiro atoms. The summed E-state index contributed by atoms with van der Waals surface area (Å²) >= 11 is 5.94. The molecule has 1 aromatic heterocycles. The van der Waals surface area contributed by atoms with Gasteiger partial charge in [0.1, 0.15) is 17.6 Å². The first-order valence-electron chi connectivity index (χ1n) is 8.96. The number of phenolic OH excluding ortho intramolecular Hbond substituents is 1. The number of fused-ring (bicyclic) bond motifs is 1. The van der Waals surface area contributed by atoms with Crippen LogP contribution in [-0.2, 0) is 6.54 Å². The van der Waals surface area contributed by atoms with E-state index in [4.69, 9.17) is 16.0 Å². The Labute approximate surface area is 174 Å². The summed E-state index contributed by atoms with van der Waals surface area (Å²) in [6.07, 6.45) is 1.47. The lowest BCUT2D eigenvalue weighted by Crippen LogP contribution is -2.43. The highest BCUT2D eigenvalue weighted by atomic mass is 35.5. The van der Waals surface area contributed by atoms with Crippen molar-refractivity contribution in [2.45, 2.75) is 6.54 Å². The second-order valence-corrected chi connectivity index (χ2v) is 7.44. The van der Waals surface area contributed by atoms with Gasteiger partial charge < -0.3 is 14.4 Å². The van der Waals surface area contributed by atoms with Crippen LogP contribution >= 0.6 is 24.0 Å². The fourth-order valence-electron chi connectivity index (χ4n) is 3.46. The first-order valence-corrected chi connectivity index (χ1v) is 9.34. The third kappa shape index (κ3) is 4.03. The second kappa shape index (κ2) is 8.53. The molecule has 1 aliphatic heterocycles. The highest BCUT2D eigenvalue weighted by Gasteiger charge is 2.20. The van der Waals surface area contributed by atoms with Gasteiger partial charge in [-0.1, -0.05) is 23.7 Å². The van der Waals surface area contributed by atoms with Gasteiger partial charge >= 0.3 is 0 Å². The number of piperazine rings is 1. The molecule has 1 aliphatic rings. The van der Waals surface area contributed by atoms with Crippen molar-refractivity contribution in [2.75, 3.05) is 33.2 Å². The predicted molar refractivity (Wildman–Crippen MR) is 115 cm³/mol. The summed E-state index contributed by atoms with van der Waals surface area (Å²) in [6.45, 7) is 4.35. The fourth-order valence-corrected chi connectivity index (χ4v) is 3.58. The van der Waals surface area contributed by atoms with Crippen molar-refractivity contribution < 1.29 is 9.52 Å². The molecule has 1 saturated heterocycles. The van der Waals surface area contributed by atoms with E-state index in [0.717, 1.165) is 31.7 Å². The molecule has 0 amide bonds. The van der Waals surface area contributed by atoms with Gasteiger partial charge in [-0.15, -0.1) is 12.4 Å². The molecule has 0 saturated carbocycles. The number of hydrogen-bond acceptors (Lipinski definition) is 5. The number of hydrogen-bond donors (Lipinski definition) is 1. The average Bonchev–Trinajstić information content (AvgIpc) is 2.67. The minimum Gasteiger partial charge on any atom is -0.507 e. The first kappa shape index (κ1) is 20.7. The monoisotopic (exact) mass is 420 g/mol. The number of aromatic hydroxyl groups is 1. The van der Waals surface area contributed by atoms with Crippen LogP contribution in [0.5, 0.6) is 5.75 Å². The summed E-state index contributed by atoms with van der Waals surface area (Å²) in [5, 5.41) is 11.5. The molecule has 1 N–H and O–H groups in total. The Morgan fingerprint density at radius 1 is 1.07 bits per heavy atom. The number of nitrogens with zero attached hydrogens (tertiary/aromatic N) is 2. The van der Waals surface area contributed by atoms with Crippen LogP contribution in [0.15, 0.2) is 51.9 Å². The van der Waals surface area contributed by atoms with Crippen LogP contribution in [0.2, 0.25) is 5.02 Å². The van der Waals surface area contributed by atoms with Crippen LogP contribution in [-0.4, -0.2) is 48.1 Å². The van der Waals surface area contributed by atoms with Crippen LogP contribution in [0.1, 0.15) is 5.56 Å². The molecule has 0 atom stereocenters. The fraction of sp³-hybridized carbons (Fsp3) is 0.286. The smallest absolute Gasteiger partial charge is 0.200 e. The van der Waals surface area contributed by atoms with Gasteiger partial charge in [0, 0.05) is 37.7 Å². The topological polar surface area (TPSA) is 56.9 Å². The van der Waals surface area contributed by atoms with Crippen LogP contribution < -0.4 is 5.43 Å². The maximum absolute atomic E-state index is 13.0. The van der Waals surface area contributed by atoms with Crippen molar-refractivity contribution in [1.29, 1.82) is 0 Å². The molecule has 4 rings (SSSR count). The van der Waals surface area contributed by atoms with Gasteiger partial charge in [-0.3, -0.25) is 9.69 Å². The van der Waals surface area contributed by atoms with Crippen LogP contribution in [0, 0.1) is 0 Å². The Morgan fingerprint density at radius 3 is 2.43 bits per heavy atom. The third-order valence-corrected chi connectivity index (χ3v) is 5.40. The Hall–Kier alpha value is -2.05. The molecule has 148 valence electrons. The summed E-state index contributed by atoms with van der Waals surface area (Å²) in [4.78, 5) is 17.6. The zero-order valence-electron chi connectivity index (χ0n) is 15.5. The van der Waals surface area contributed by atoms with Gasteiger partial charge in [0.2, 0.25) is 5.43 Å². The Balaban J connectivity index is 0.00000225. The highest BCUT2D eigenvalue weighted by molar-refractivity contribution is 6.30. The van der Waals surface area contributed by atoms with Gasteiger partial charge in [-0.05, 0) is 36.9 Å². The first-order chi connectivity index (χ1) is 13.0. The lowest BCUT2D eigenvalue weighted by Gasteiger charge is -2.32. The quantitative estimate of drug-likeness (QED) is 0.693. The molecule has 3 aromatic rings. The average molecular weight is 421 g/mol. The molecular weight excluding hydrogens is 399 g/mol. The van der Waals surface area contributed by atoms with E-state index in [9.17, 15) is 9.90 Å². The van der Waals surface area contributed by atoms with Gasteiger partial charge in [-0.25, -0.2) is 0 Å². The second-order valence-electron chi connectivity index (χ2n) is 7.00. The molecule has 28 heavy (non-hydrogen) atoms. The van der Waals surface area contributed by atoms with E-state index >= 15 is 0 Å². The Bertz CT molecular complexity index is 1030. The number of benzene rings is 2. The van der Waals surface area contributed by atoms with E-state index in [1.165, 1.54) is 6.26 Å². The van der Waals surface area contributed by atoms with Crippen molar-refractivity contribution in [1.82, 2.24) is 9.80 Å². The lowest BCUT2D eigenvalue weighted by atomic mass is 10.0. The number of rotatable bonds is 3. The summed E-state index contributed by atoms with van der Waals surface area (Å²) in [6, 6.07) is 10.3. The van der Waals surface area contributed by atoms with Crippen molar-refractivity contribution >= 4 is 35.0 Å². The minimum absolute atomic E-state index is 0. The van der Waals surface area contributed by atoms with Crippen molar-refractivity contribution in [3.05, 3.63) is 63.5 Å². The lowest BCUT2D eigenvalue weighted by molar-refractivity contribution is 0.147. The van der Waals surface area contributed by atoms with E-state index in [-0.39, 0.29) is 23.6 Å². The molecule has 2 aromatic carbocycles. The molecule has 5 nitrogen and oxygen atoms in total. The molecule has 7 heteroatoms. The molecule has 1 fully saturated rings. The van der Waals surface area contributed by atoms with Crippen molar-refractivity contribution in [2.24, 2.45) is 0 Å². The largest absolute Gasteiger partial charge is 0.507 e. The van der Waals surface area contributed by atoms with Gasteiger partial charge in [0.05, 0.1) is 16.5 Å². The van der Waals surface area contributed by atoms with E-state index in [2.05, 4.69) is 16.8 Å². The highest BCUT2D eigenvalue weighted by Crippen LogP contribution is 2.29. The van der Waals surface area contributed by atoms with Gasteiger partial charge in [0.25, 0.3) is 0 Å². The summed E-state index contributed by atoms with van der Waals surface area (Å²) in [5.41, 5.74) is 2.24. The van der Waals surface area contributed by atoms with E-state index in [1.807, 2.05) is 0 Å². The van der Waals surface area contributed by atoms with Crippen molar-refractivity contribution in [3.63, 3.8) is 0 Å². The number of phenols is 1. The van der Waals surface area contributed by atoms with E-state index in [1.54, 1.807) is 36.4 Å². The number of likely N-dealkylation sites (N-methyl/N-ethyl adjacent to an activating group) is 1. The molecule has 0 radical (unpaired) electrons. The molecule has 0 unspecified atom stereocenters. The van der Waals surface area contributed by atoms with E-state index in [0.29, 0.717) is 33.7 Å². The van der Waals surface area contributed by atoms with Crippen LogP contribution in [0.4, 0.5) is 0 Å². The standard InChI is InChI=1S/C21H21ClN2O3.ClH/c1-23-8-10-24(11-9-23)12-17-19(25)7-6-16-20(26)18(13-27-21(16)17)14-2-4-15(22)5-3-14;/h2-7,13,25H,8-12H2,1H3;1H. The normalized spacial score (nSPS) is 15.5. The zero-order chi connectivity index (χ0) is 19.0. The molecule has 2 heterocycles. The maximum atomic E-state index is 13.0. The van der Waals surface area contributed by atoms with Crippen LogP contribution in [0.3, 0.4) is 0 Å². The minimum atomic E-state index is -0.113. The summed E-state index contributed by atoms with van der Waals surface area (Å²) in [5.74, 6) is 0.156. The maximum Gasteiger partial charge on any atom is 0.200 e. The third-order valence-electron chi connectivity index (χ3n) is 5.15. The SMILES string of the molecule is CN1CCN(Cc2c(O)ccc3c(=O)c(-c4ccc(Cl)cc4)coc23)CC1.Cl. The zero-order valence-corrected chi connectivity index (χ0v) is 17.1. The Morgan fingerprint density at radius 2 is 1.75 bits per heavy atom. The molecular formula is C21H22Cl2N2O3. The molecule has 0 aliphatic carbocycles. The summed E-state index contributed by atoms with van der Waals surface area (Å²) < 4.78 is 5.85. The molecule has 0 bridgehead atoms. The predicted octanol–water partition coefficient (Wildman–Crippen LogP) is 3.99. The van der Waals surface area contributed by atoms with Crippen LogP contribution in [0.25, 0.3) is 22.1 Å². The number of halogens is 2. The van der Waals surface area contributed by atoms with Gasteiger partial charge in [-0.2, -0.15) is 0 Å². The van der Waals surface area contributed by atoms with Gasteiger partial charge in [0.15, 0.2) is 0 Å². The summed E-state index contributed by atoms with van der Waals surface area (Å²) in [7, 11) is 2.10. The van der Waals surface area contributed by atoms with E-state index < -0.39 is 0 Å². The Kier molecular flexibility index (Phi) is 6.30.